The van der Waals surface area contributed by atoms with E-state index in [-0.39, 0.29) is 0 Å². The molecule has 0 saturated carbocycles. The molecule has 0 fully saturated rings. The van der Waals surface area contributed by atoms with Crippen LogP contribution in [0.1, 0.15) is 5.56 Å². The first-order valence-corrected chi connectivity index (χ1v) is 5.98. The predicted molar refractivity (Wildman–Crippen MR) is 70.8 cm³/mol. The van der Waals surface area contributed by atoms with Gasteiger partial charge in [0.25, 0.3) is 0 Å². The van der Waals surface area contributed by atoms with E-state index >= 15 is 0 Å². The molecule has 2 aromatic carbocycles. The molecule has 5 heteroatoms. The number of nitrogens with zero attached hydrogens (tertiary/aromatic N) is 2. The van der Waals surface area contributed by atoms with Crippen LogP contribution in [-0.4, -0.2) is 9.97 Å². The number of benzene rings is 2. The number of imidazole rings is 1. The van der Waals surface area contributed by atoms with Crippen molar-refractivity contribution in [2.24, 2.45) is 0 Å². The lowest BCUT2D eigenvalue weighted by Crippen LogP contribution is -1.86. The topological polar surface area (TPSA) is 52.5 Å². The summed E-state index contributed by atoms with van der Waals surface area (Å²) in [6, 6.07) is 11.2. The Morgan fingerprint density at radius 3 is 2.70 bits per heavy atom. The van der Waals surface area contributed by atoms with Crippen molar-refractivity contribution in [1.82, 2.24) is 9.97 Å². The number of fused-ring (bicyclic) bond motifs is 1. The third kappa shape index (κ3) is 2.12. The molecule has 1 heterocycles. The molecular weight excluding hydrogens is 260 g/mol. The maximum absolute atomic E-state index is 13.2. The van der Waals surface area contributed by atoms with Crippen molar-refractivity contribution < 1.29 is 8.78 Å². The van der Waals surface area contributed by atoms with E-state index < -0.39 is 11.6 Å². The zero-order valence-corrected chi connectivity index (χ0v) is 10.3. The van der Waals surface area contributed by atoms with Gasteiger partial charge in [0, 0.05) is 5.56 Å². The van der Waals surface area contributed by atoms with E-state index in [1.165, 1.54) is 6.07 Å². The van der Waals surface area contributed by atoms with Gasteiger partial charge in [-0.3, -0.25) is 0 Å². The van der Waals surface area contributed by atoms with Gasteiger partial charge in [0.1, 0.15) is 5.82 Å². The second-order valence-corrected chi connectivity index (χ2v) is 4.40. The van der Waals surface area contributed by atoms with Gasteiger partial charge < -0.3 is 4.98 Å². The van der Waals surface area contributed by atoms with Crippen molar-refractivity contribution in [2.45, 2.75) is 6.42 Å². The fourth-order valence-corrected chi connectivity index (χ4v) is 2.04. The molecule has 0 atom stereocenters. The Bertz CT molecular complexity index is 831. The van der Waals surface area contributed by atoms with Gasteiger partial charge in [0.2, 0.25) is 0 Å². The van der Waals surface area contributed by atoms with Gasteiger partial charge in [0.15, 0.2) is 11.6 Å². The first-order valence-electron chi connectivity index (χ1n) is 5.98. The molecule has 20 heavy (non-hydrogen) atoms. The lowest BCUT2D eigenvalue weighted by Gasteiger charge is -1.97. The number of aromatic amines is 1. The maximum atomic E-state index is 13.2. The summed E-state index contributed by atoms with van der Waals surface area (Å²) in [5.74, 6) is -1.33. The third-order valence-electron chi connectivity index (χ3n) is 3.02. The van der Waals surface area contributed by atoms with E-state index in [1.54, 1.807) is 6.07 Å². The number of rotatable bonds is 2. The minimum atomic E-state index is -0.909. The van der Waals surface area contributed by atoms with Gasteiger partial charge >= 0.3 is 0 Å². The zero-order chi connectivity index (χ0) is 14.1. The van der Waals surface area contributed by atoms with E-state index in [0.717, 1.165) is 23.2 Å². The molecule has 3 rings (SSSR count). The molecule has 0 unspecified atom stereocenters. The fraction of sp³-hybridized carbons (Fsp3) is 0.0667. The summed E-state index contributed by atoms with van der Waals surface area (Å²) in [5, 5.41) is 8.68. The summed E-state index contributed by atoms with van der Waals surface area (Å²) in [6.07, 6.45) is 0.315. The van der Waals surface area contributed by atoms with E-state index in [0.29, 0.717) is 23.3 Å². The molecule has 0 aliphatic heterocycles. The van der Waals surface area contributed by atoms with Crippen molar-refractivity contribution in [1.29, 1.82) is 5.26 Å². The summed E-state index contributed by atoms with van der Waals surface area (Å²) >= 11 is 0. The molecule has 1 aromatic heterocycles. The summed E-state index contributed by atoms with van der Waals surface area (Å²) < 4.78 is 26.2. The average Bonchev–Trinajstić information content (AvgIpc) is 2.85. The Hall–Kier alpha value is -2.74. The highest BCUT2D eigenvalue weighted by Gasteiger charge is 2.09. The lowest BCUT2D eigenvalue weighted by molar-refractivity contribution is 0.509. The number of hydrogen-bond donors (Lipinski definition) is 1. The summed E-state index contributed by atoms with van der Waals surface area (Å²) in [4.78, 5) is 7.38. The van der Waals surface area contributed by atoms with Gasteiger partial charge in [-0.15, -0.1) is 0 Å². The van der Waals surface area contributed by atoms with Gasteiger partial charge in [-0.25, -0.2) is 13.8 Å². The lowest BCUT2D eigenvalue weighted by atomic mass is 10.1. The van der Waals surface area contributed by atoms with Crippen molar-refractivity contribution in [3.8, 4) is 17.5 Å². The van der Waals surface area contributed by atoms with Crippen LogP contribution >= 0.6 is 0 Å². The normalized spacial score (nSPS) is 10.7. The average molecular weight is 269 g/mol. The molecule has 0 aliphatic rings. The Labute approximate surface area is 113 Å². The van der Waals surface area contributed by atoms with E-state index in [2.05, 4.69) is 16.0 Å². The first-order chi connectivity index (χ1) is 9.67. The number of halogens is 2. The first kappa shape index (κ1) is 12.3. The Balaban J connectivity index is 2.08. The van der Waals surface area contributed by atoms with Gasteiger partial charge in [-0.2, -0.15) is 5.26 Å². The smallest absolute Gasteiger partial charge is 0.159 e. The molecule has 0 saturated heterocycles. The Kier molecular flexibility index (Phi) is 2.92. The highest BCUT2D eigenvalue weighted by molar-refractivity contribution is 5.80. The van der Waals surface area contributed by atoms with Crippen LogP contribution in [0.5, 0.6) is 0 Å². The van der Waals surface area contributed by atoms with E-state index in [1.807, 2.05) is 12.1 Å². The number of nitriles is 1. The Morgan fingerprint density at radius 2 is 1.95 bits per heavy atom. The third-order valence-corrected chi connectivity index (χ3v) is 3.02. The number of aromatic nitrogens is 2. The van der Waals surface area contributed by atoms with Crippen LogP contribution in [-0.2, 0) is 6.42 Å². The van der Waals surface area contributed by atoms with Gasteiger partial charge in [-0.05, 0) is 35.9 Å². The van der Waals surface area contributed by atoms with Crippen molar-refractivity contribution >= 4 is 11.0 Å². The van der Waals surface area contributed by atoms with Crippen LogP contribution in [0.2, 0.25) is 0 Å². The van der Waals surface area contributed by atoms with Crippen LogP contribution < -0.4 is 0 Å². The molecular formula is C15H9F2N3. The van der Waals surface area contributed by atoms with Crippen LogP contribution in [0.4, 0.5) is 8.78 Å². The molecule has 3 aromatic rings. The predicted octanol–water partition coefficient (Wildman–Crippen LogP) is 3.57. The van der Waals surface area contributed by atoms with Crippen LogP contribution in [0.25, 0.3) is 22.4 Å². The van der Waals surface area contributed by atoms with E-state index in [4.69, 9.17) is 5.26 Å². The molecule has 0 radical (unpaired) electrons. The van der Waals surface area contributed by atoms with Crippen molar-refractivity contribution in [2.75, 3.05) is 0 Å². The second kappa shape index (κ2) is 4.74. The highest BCUT2D eigenvalue weighted by atomic mass is 19.2. The fourth-order valence-electron chi connectivity index (χ4n) is 2.04. The quantitative estimate of drug-likeness (QED) is 0.773. The molecule has 1 N–H and O–H groups in total. The SMILES string of the molecule is N#CCc1ccc2nc(-c3ccc(F)c(F)c3)[nH]c2c1. The van der Waals surface area contributed by atoms with Crippen LogP contribution in [0, 0.1) is 23.0 Å². The summed E-state index contributed by atoms with van der Waals surface area (Å²) in [7, 11) is 0. The number of hydrogen-bond acceptors (Lipinski definition) is 2. The molecule has 3 nitrogen and oxygen atoms in total. The summed E-state index contributed by atoms with van der Waals surface area (Å²) in [5.41, 5.74) is 2.83. The maximum Gasteiger partial charge on any atom is 0.159 e. The molecule has 0 bridgehead atoms. The minimum Gasteiger partial charge on any atom is -0.338 e. The largest absolute Gasteiger partial charge is 0.338 e. The molecule has 98 valence electrons. The van der Waals surface area contributed by atoms with Gasteiger partial charge in [-0.1, -0.05) is 6.07 Å². The van der Waals surface area contributed by atoms with Crippen LogP contribution in [0.3, 0.4) is 0 Å². The number of H-pyrrole nitrogens is 1. The van der Waals surface area contributed by atoms with Gasteiger partial charge in [0.05, 0.1) is 23.5 Å². The zero-order valence-electron chi connectivity index (χ0n) is 10.3. The molecule has 0 aliphatic carbocycles. The molecule has 0 spiro atoms. The number of nitrogens with one attached hydrogen (secondary N) is 1. The van der Waals surface area contributed by atoms with Crippen molar-refractivity contribution in [3.63, 3.8) is 0 Å². The van der Waals surface area contributed by atoms with Crippen molar-refractivity contribution in [3.05, 3.63) is 53.6 Å². The molecule has 0 amide bonds. The Morgan fingerprint density at radius 1 is 1.10 bits per heavy atom. The van der Waals surface area contributed by atoms with Crippen LogP contribution in [0.15, 0.2) is 36.4 Å². The van der Waals surface area contributed by atoms with E-state index in [9.17, 15) is 8.78 Å². The standard InChI is InChI=1S/C15H9F2N3/c16-11-3-2-10(8-12(11)17)15-19-13-4-1-9(5-6-18)7-14(13)20-15/h1-4,7-8H,5H2,(H,19,20). The summed E-state index contributed by atoms with van der Waals surface area (Å²) in [6.45, 7) is 0. The highest BCUT2D eigenvalue weighted by Crippen LogP contribution is 2.23. The monoisotopic (exact) mass is 269 g/mol. The minimum absolute atomic E-state index is 0.315. The second-order valence-electron chi connectivity index (χ2n) is 4.40.